The predicted octanol–water partition coefficient (Wildman–Crippen LogP) is 15.0. The van der Waals surface area contributed by atoms with Gasteiger partial charge in [0.15, 0.2) is 6.29 Å². The predicted molar refractivity (Wildman–Crippen MR) is 321 cm³/mol. The maximum absolute atomic E-state index is 13.2. The highest BCUT2D eigenvalue weighted by atomic mass is 16.7. The molecule has 1 amide bonds. The van der Waals surface area contributed by atoms with Crippen molar-refractivity contribution in [1.82, 2.24) is 5.32 Å². The van der Waals surface area contributed by atoms with E-state index < -0.39 is 74.2 Å². The normalized spacial score (nSPS) is 19.7. The summed E-state index contributed by atoms with van der Waals surface area (Å²) in [7, 11) is 0. The van der Waals surface area contributed by atoms with Gasteiger partial charge in [-0.05, 0) is 70.6 Å². The summed E-state index contributed by atoms with van der Waals surface area (Å²) in [5.41, 5.74) is 0. The lowest BCUT2D eigenvalue weighted by atomic mass is 9.98. The van der Waals surface area contributed by atoms with E-state index in [0.29, 0.717) is 12.8 Å². The van der Waals surface area contributed by atoms with E-state index in [4.69, 9.17) is 9.47 Å². The zero-order chi connectivity index (χ0) is 56.1. The van der Waals surface area contributed by atoms with Crippen molar-refractivity contribution in [3.05, 3.63) is 36.5 Å². The Hall–Kier alpha value is -1.67. The molecular weight excluding hydrogens is 967 g/mol. The van der Waals surface area contributed by atoms with E-state index in [1.165, 1.54) is 205 Å². The second-order valence-electron chi connectivity index (χ2n) is 23.2. The average Bonchev–Trinajstić information content (AvgIpc) is 3.43. The monoisotopic (exact) mass is 1090 g/mol. The fourth-order valence-corrected chi connectivity index (χ4v) is 10.6. The number of amides is 1. The zero-order valence-electron chi connectivity index (χ0n) is 50.0. The summed E-state index contributed by atoms with van der Waals surface area (Å²) in [6.07, 6.45) is 57.9. The smallest absolute Gasteiger partial charge is 0.249 e. The summed E-state index contributed by atoms with van der Waals surface area (Å²) in [6, 6.07) is -1.19. The van der Waals surface area contributed by atoms with Gasteiger partial charge in [0.2, 0.25) is 5.91 Å². The SMILES string of the molecule is CCCCCCCCCCC/C=C\C/C=C\CCCCCCCCC(O)C(=O)NC(COC1OC(CO)C(O)C(O)C1O)C(O)C(O)CCC/C=C/CCCCCCCCCCCCCCCCCCCCCCCCC. The lowest BCUT2D eigenvalue weighted by Gasteiger charge is -2.40. The minimum atomic E-state index is -1.67. The molecule has 77 heavy (non-hydrogen) atoms. The third kappa shape index (κ3) is 42.8. The van der Waals surface area contributed by atoms with Gasteiger partial charge in [-0.15, -0.1) is 0 Å². The van der Waals surface area contributed by atoms with Crippen molar-refractivity contribution in [3.63, 3.8) is 0 Å². The molecule has 1 rings (SSSR count). The van der Waals surface area contributed by atoms with E-state index in [0.717, 1.165) is 64.2 Å². The van der Waals surface area contributed by atoms with Crippen LogP contribution in [-0.2, 0) is 14.3 Å². The number of aliphatic hydroxyl groups excluding tert-OH is 7. The Labute approximate surface area is 473 Å². The van der Waals surface area contributed by atoms with Gasteiger partial charge in [0, 0.05) is 0 Å². The Morgan fingerprint density at radius 2 is 0.805 bits per heavy atom. The zero-order valence-corrected chi connectivity index (χ0v) is 50.0. The molecule has 11 heteroatoms. The first-order chi connectivity index (χ1) is 37.7. The highest BCUT2D eigenvalue weighted by Crippen LogP contribution is 2.24. The van der Waals surface area contributed by atoms with Crippen molar-refractivity contribution in [1.29, 1.82) is 0 Å². The van der Waals surface area contributed by atoms with Gasteiger partial charge in [0.1, 0.15) is 36.6 Å². The van der Waals surface area contributed by atoms with Gasteiger partial charge >= 0.3 is 0 Å². The lowest BCUT2D eigenvalue weighted by molar-refractivity contribution is -0.303. The molecule has 1 fully saturated rings. The van der Waals surface area contributed by atoms with Crippen LogP contribution in [-0.4, -0.2) is 110 Å². The minimum Gasteiger partial charge on any atom is -0.394 e. The van der Waals surface area contributed by atoms with Gasteiger partial charge in [-0.2, -0.15) is 0 Å². The summed E-state index contributed by atoms with van der Waals surface area (Å²) in [4.78, 5) is 13.2. The molecular formula is C66H125NO10. The molecule has 0 saturated carbocycles. The van der Waals surface area contributed by atoms with Gasteiger partial charge in [0.05, 0.1) is 25.4 Å². The highest BCUT2D eigenvalue weighted by molar-refractivity contribution is 5.80. The largest absolute Gasteiger partial charge is 0.394 e. The van der Waals surface area contributed by atoms with Crippen LogP contribution in [0.15, 0.2) is 36.5 Å². The van der Waals surface area contributed by atoms with Gasteiger partial charge in [0.25, 0.3) is 0 Å². The number of carbonyl (C=O) groups excluding carboxylic acids is 1. The van der Waals surface area contributed by atoms with Crippen LogP contribution in [0.3, 0.4) is 0 Å². The van der Waals surface area contributed by atoms with Crippen LogP contribution in [0.4, 0.5) is 0 Å². The maximum atomic E-state index is 13.2. The van der Waals surface area contributed by atoms with Crippen LogP contribution in [0.1, 0.15) is 309 Å². The molecule has 1 aliphatic rings. The van der Waals surface area contributed by atoms with Gasteiger partial charge in [-0.25, -0.2) is 0 Å². The number of nitrogens with one attached hydrogen (secondary N) is 1. The molecule has 0 radical (unpaired) electrons. The molecule has 454 valence electrons. The Kier molecular flexibility index (Phi) is 52.3. The molecule has 0 bridgehead atoms. The van der Waals surface area contributed by atoms with Crippen molar-refractivity contribution in [2.75, 3.05) is 13.2 Å². The second kappa shape index (κ2) is 54.9. The van der Waals surface area contributed by atoms with Crippen LogP contribution >= 0.6 is 0 Å². The summed E-state index contributed by atoms with van der Waals surface area (Å²) < 4.78 is 11.2. The third-order valence-corrected chi connectivity index (χ3v) is 15.9. The molecule has 9 unspecified atom stereocenters. The minimum absolute atomic E-state index is 0.242. The molecule has 0 spiro atoms. The quantitative estimate of drug-likeness (QED) is 0.0215. The van der Waals surface area contributed by atoms with Crippen LogP contribution in [0.25, 0.3) is 0 Å². The molecule has 0 aromatic heterocycles. The summed E-state index contributed by atoms with van der Waals surface area (Å²) in [5, 5.41) is 76.3. The van der Waals surface area contributed by atoms with E-state index in [9.17, 15) is 40.5 Å². The second-order valence-corrected chi connectivity index (χ2v) is 23.2. The summed E-state index contributed by atoms with van der Waals surface area (Å²) in [6.45, 7) is 3.48. The van der Waals surface area contributed by atoms with Crippen LogP contribution in [0.2, 0.25) is 0 Å². The van der Waals surface area contributed by atoms with Crippen molar-refractivity contribution in [2.24, 2.45) is 0 Å². The highest BCUT2D eigenvalue weighted by Gasteiger charge is 2.44. The fourth-order valence-electron chi connectivity index (χ4n) is 10.6. The van der Waals surface area contributed by atoms with E-state index in [-0.39, 0.29) is 12.8 Å². The van der Waals surface area contributed by atoms with Crippen LogP contribution in [0, 0.1) is 0 Å². The molecule has 0 aliphatic carbocycles. The summed E-state index contributed by atoms with van der Waals surface area (Å²) >= 11 is 0. The Bertz CT molecular complexity index is 1350. The topological polar surface area (TPSA) is 189 Å². The molecule has 11 nitrogen and oxygen atoms in total. The third-order valence-electron chi connectivity index (χ3n) is 15.9. The first kappa shape index (κ1) is 73.3. The number of rotatable bonds is 57. The van der Waals surface area contributed by atoms with Crippen LogP contribution < -0.4 is 5.32 Å². The average molecular weight is 1090 g/mol. The van der Waals surface area contributed by atoms with E-state index in [1.54, 1.807) is 0 Å². The molecule has 0 aromatic rings. The van der Waals surface area contributed by atoms with E-state index >= 15 is 0 Å². The fraction of sp³-hybridized carbons (Fsp3) is 0.894. The number of hydrogen-bond acceptors (Lipinski definition) is 10. The first-order valence-corrected chi connectivity index (χ1v) is 32.9. The van der Waals surface area contributed by atoms with E-state index in [1.807, 2.05) is 0 Å². The number of aliphatic hydroxyl groups is 7. The van der Waals surface area contributed by atoms with Gasteiger partial charge in [-0.1, -0.05) is 275 Å². The number of carbonyl (C=O) groups is 1. The maximum Gasteiger partial charge on any atom is 0.249 e. The standard InChI is InChI=1S/C66H125NO10/c1-3-5-7-9-11-13-15-17-19-21-23-25-27-28-29-30-31-32-34-35-37-39-41-43-45-47-49-51-53-58(69)61(71)57(56-76-66-64(74)63(73)62(72)60(55-68)77-66)67-65(75)59(70)54-52-50-48-46-44-42-40-38-36-33-26-24-22-20-18-16-14-12-10-8-6-4-2/h24,26,36,38,45,47,57-64,66,68-74H,3-23,25,27-35,37,39-44,46,48-56H2,1-2H3,(H,67,75)/b26-24-,38-36-,47-45+. The van der Waals surface area contributed by atoms with Gasteiger partial charge in [-0.3, -0.25) is 4.79 Å². The Morgan fingerprint density at radius 3 is 1.19 bits per heavy atom. The molecule has 1 saturated heterocycles. The van der Waals surface area contributed by atoms with Crippen molar-refractivity contribution >= 4 is 5.91 Å². The number of hydrogen-bond donors (Lipinski definition) is 8. The molecule has 0 aromatic carbocycles. The Balaban J connectivity index is 2.27. The first-order valence-electron chi connectivity index (χ1n) is 32.9. The molecule has 8 N–H and O–H groups in total. The van der Waals surface area contributed by atoms with Crippen molar-refractivity contribution in [2.45, 2.75) is 364 Å². The molecule has 1 aliphatic heterocycles. The van der Waals surface area contributed by atoms with Gasteiger partial charge < -0.3 is 50.5 Å². The van der Waals surface area contributed by atoms with Crippen molar-refractivity contribution < 1.29 is 50.0 Å². The van der Waals surface area contributed by atoms with Crippen LogP contribution in [0.5, 0.6) is 0 Å². The molecule has 1 heterocycles. The summed E-state index contributed by atoms with van der Waals surface area (Å²) in [5.74, 6) is -0.711. The molecule has 9 atom stereocenters. The number of ether oxygens (including phenoxy) is 2. The Morgan fingerprint density at radius 1 is 0.455 bits per heavy atom. The van der Waals surface area contributed by atoms with Crippen molar-refractivity contribution in [3.8, 4) is 0 Å². The van der Waals surface area contributed by atoms with E-state index in [2.05, 4.69) is 55.6 Å². The lowest BCUT2D eigenvalue weighted by Crippen LogP contribution is -2.60. The number of allylic oxidation sites excluding steroid dienone is 6. The number of unbranched alkanes of at least 4 members (excludes halogenated alkanes) is 39.